The number of carbonyl (C=O) groups excluding carboxylic acids is 1. The van der Waals surface area contributed by atoms with Gasteiger partial charge in [-0.15, -0.1) is 0 Å². The Morgan fingerprint density at radius 2 is 2.29 bits per heavy atom. The van der Waals surface area contributed by atoms with Crippen LogP contribution < -0.4 is 5.32 Å². The van der Waals surface area contributed by atoms with Gasteiger partial charge in [0.1, 0.15) is 5.82 Å². The van der Waals surface area contributed by atoms with Gasteiger partial charge in [0, 0.05) is 36.1 Å². The van der Waals surface area contributed by atoms with Crippen LogP contribution in [0.1, 0.15) is 37.8 Å². The first-order chi connectivity index (χ1) is 11.6. The Morgan fingerprint density at radius 1 is 1.50 bits per heavy atom. The van der Waals surface area contributed by atoms with Crippen LogP contribution in [0.3, 0.4) is 0 Å². The number of nitrogens with zero attached hydrogens (tertiary/aromatic N) is 1. The quantitative estimate of drug-likeness (QED) is 0.883. The molecule has 0 bridgehead atoms. The van der Waals surface area contributed by atoms with Gasteiger partial charge in [-0.05, 0) is 31.9 Å². The van der Waals surface area contributed by atoms with Crippen LogP contribution in [0.2, 0.25) is 5.02 Å². The first-order valence-electron chi connectivity index (χ1n) is 8.63. The second-order valence-corrected chi connectivity index (χ2v) is 7.11. The van der Waals surface area contributed by atoms with E-state index in [0.717, 1.165) is 19.3 Å². The van der Waals surface area contributed by atoms with Gasteiger partial charge in [-0.2, -0.15) is 0 Å². The number of carbonyl (C=O) groups is 1. The summed E-state index contributed by atoms with van der Waals surface area (Å²) in [6.45, 7) is 4.34. The minimum absolute atomic E-state index is 0.0695. The highest BCUT2D eigenvalue weighted by atomic mass is 35.5. The van der Waals surface area contributed by atoms with Gasteiger partial charge in [0.05, 0.1) is 18.8 Å². The monoisotopic (exact) mass is 354 g/mol. The van der Waals surface area contributed by atoms with Crippen LogP contribution in [-0.2, 0) is 9.53 Å². The summed E-state index contributed by atoms with van der Waals surface area (Å²) in [6, 6.07) is 4.44. The summed E-state index contributed by atoms with van der Waals surface area (Å²) in [7, 11) is 0. The largest absolute Gasteiger partial charge is 0.376 e. The summed E-state index contributed by atoms with van der Waals surface area (Å²) in [5.41, 5.74) is 0.460. The van der Waals surface area contributed by atoms with Crippen molar-refractivity contribution < 1.29 is 13.9 Å². The van der Waals surface area contributed by atoms with E-state index in [0.29, 0.717) is 36.8 Å². The van der Waals surface area contributed by atoms with Gasteiger partial charge < -0.3 is 10.1 Å². The molecule has 0 radical (unpaired) electrons. The number of benzene rings is 1. The lowest BCUT2D eigenvalue weighted by Gasteiger charge is -2.38. The van der Waals surface area contributed by atoms with Crippen LogP contribution in [0.15, 0.2) is 18.2 Å². The van der Waals surface area contributed by atoms with Crippen molar-refractivity contribution >= 4 is 17.5 Å². The highest BCUT2D eigenvalue weighted by Crippen LogP contribution is 2.32. The predicted molar refractivity (Wildman–Crippen MR) is 91.5 cm³/mol. The normalized spacial score (nSPS) is 23.5. The van der Waals surface area contributed by atoms with Crippen LogP contribution in [0, 0.1) is 11.7 Å². The Labute approximate surface area is 147 Å². The average molecular weight is 355 g/mol. The molecule has 1 aromatic carbocycles. The summed E-state index contributed by atoms with van der Waals surface area (Å²) < 4.78 is 20.0. The molecule has 1 aliphatic heterocycles. The molecule has 132 valence electrons. The van der Waals surface area contributed by atoms with E-state index in [-0.39, 0.29) is 29.8 Å². The third kappa shape index (κ3) is 3.90. The van der Waals surface area contributed by atoms with Crippen LogP contribution in [0.4, 0.5) is 4.39 Å². The van der Waals surface area contributed by atoms with Crippen LogP contribution in [0.5, 0.6) is 0 Å². The third-order valence-electron chi connectivity index (χ3n) is 4.99. The maximum absolute atomic E-state index is 14.5. The second-order valence-electron chi connectivity index (χ2n) is 6.70. The summed E-state index contributed by atoms with van der Waals surface area (Å²) >= 11 is 6.29. The highest BCUT2D eigenvalue weighted by Gasteiger charge is 2.31. The van der Waals surface area contributed by atoms with Gasteiger partial charge in [-0.1, -0.05) is 24.1 Å². The van der Waals surface area contributed by atoms with E-state index in [1.165, 1.54) is 6.07 Å². The second kappa shape index (κ2) is 7.81. The third-order valence-corrected chi connectivity index (χ3v) is 5.32. The van der Waals surface area contributed by atoms with E-state index in [1.54, 1.807) is 12.1 Å². The molecule has 1 aliphatic carbocycles. The SMILES string of the molecule is C[C@@H]1CN([C@@H](CNC(=O)C2CCC2)c2c(F)cccc2Cl)CCO1. The molecule has 0 unspecified atom stereocenters. The van der Waals surface area contributed by atoms with Crippen molar-refractivity contribution in [1.82, 2.24) is 10.2 Å². The number of ether oxygens (including phenoxy) is 1. The minimum Gasteiger partial charge on any atom is -0.376 e. The Balaban J connectivity index is 1.78. The number of hydrogen-bond donors (Lipinski definition) is 1. The number of nitrogens with one attached hydrogen (secondary N) is 1. The average Bonchev–Trinajstić information content (AvgIpc) is 2.48. The van der Waals surface area contributed by atoms with E-state index in [9.17, 15) is 9.18 Å². The fourth-order valence-electron chi connectivity index (χ4n) is 3.38. The van der Waals surface area contributed by atoms with Gasteiger partial charge in [0.2, 0.25) is 5.91 Å². The van der Waals surface area contributed by atoms with Crippen molar-refractivity contribution in [2.75, 3.05) is 26.2 Å². The molecule has 4 nitrogen and oxygen atoms in total. The molecule has 0 aromatic heterocycles. The predicted octanol–water partition coefficient (Wildman–Crippen LogP) is 3.16. The molecule has 1 saturated carbocycles. The Hall–Kier alpha value is -1.17. The fraction of sp³-hybridized carbons (Fsp3) is 0.611. The lowest BCUT2D eigenvalue weighted by atomic mass is 9.85. The molecule has 1 saturated heterocycles. The van der Waals surface area contributed by atoms with Gasteiger partial charge in [-0.25, -0.2) is 4.39 Å². The summed E-state index contributed by atoms with van der Waals surface area (Å²) in [5.74, 6) is -0.144. The van der Waals surface area contributed by atoms with Crippen molar-refractivity contribution in [3.8, 4) is 0 Å². The highest BCUT2D eigenvalue weighted by molar-refractivity contribution is 6.31. The first-order valence-corrected chi connectivity index (χ1v) is 9.01. The van der Waals surface area contributed by atoms with Gasteiger partial charge in [0.15, 0.2) is 0 Å². The molecule has 2 atom stereocenters. The zero-order valence-electron chi connectivity index (χ0n) is 13.9. The number of halogens is 2. The Morgan fingerprint density at radius 3 is 2.92 bits per heavy atom. The van der Waals surface area contributed by atoms with Gasteiger partial charge in [-0.3, -0.25) is 9.69 Å². The molecular weight excluding hydrogens is 331 g/mol. The zero-order valence-corrected chi connectivity index (χ0v) is 14.7. The lowest BCUT2D eigenvalue weighted by molar-refractivity contribution is -0.127. The minimum atomic E-state index is -0.329. The van der Waals surface area contributed by atoms with E-state index in [1.807, 2.05) is 6.92 Å². The molecule has 1 N–H and O–H groups in total. The zero-order chi connectivity index (χ0) is 17.1. The van der Waals surface area contributed by atoms with E-state index in [2.05, 4.69) is 10.2 Å². The van der Waals surface area contributed by atoms with Crippen LogP contribution in [-0.4, -0.2) is 43.2 Å². The molecule has 2 fully saturated rings. The van der Waals surface area contributed by atoms with Gasteiger partial charge >= 0.3 is 0 Å². The topological polar surface area (TPSA) is 41.6 Å². The van der Waals surface area contributed by atoms with Crippen molar-refractivity contribution in [3.05, 3.63) is 34.6 Å². The van der Waals surface area contributed by atoms with Crippen molar-refractivity contribution in [3.63, 3.8) is 0 Å². The van der Waals surface area contributed by atoms with E-state index >= 15 is 0 Å². The fourth-order valence-corrected chi connectivity index (χ4v) is 3.67. The molecule has 6 heteroatoms. The number of hydrogen-bond acceptors (Lipinski definition) is 3. The number of amides is 1. The standard InChI is InChI=1S/C18H24ClFN2O2/c1-12-11-22(8-9-24-12)16(10-21-18(23)13-4-2-5-13)17-14(19)6-3-7-15(17)20/h3,6-7,12-13,16H,2,4-5,8-11H2,1H3,(H,21,23)/t12-,16+/m1/s1. The van der Waals surface area contributed by atoms with Crippen LogP contribution >= 0.6 is 11.6 Å². The molecule has 2 aliphatic rings. The van der Waals surface area contributed by atoms with Crippen LogP contribution in [0.25, 0.3) is 0 Å². The molecule has 1 amide bonds. The van der Waals surface area contributed by atoms with Gasteiger partial charge in [0.25, 0.3) is 0 Å². The Kier molecular flexibility index (Phi) is 5.74. The Bertz CT molecular complexity index is 574. The summed E-state index contributed by atoms with van der Waals surface area (Å²) in [6.07, 6.45) is 3.09. The summed E-state index contributed by atoms with van der Waals surface area (Å²) in [4.78, 5) is 14.3. The van der Waals surface area contributed by atoms with E-state index in [4.69, 9.17) is 16.3 Å². The molecule has 24 heavy (non-hydrogen) atoms. The first kappa shape index (κ1) is 17.6. The maximum Gasteiger partial charge on any atom is 0.223 e. The molecular formula is C18H24ClFN2O2. The maximum atomic E-state index is 14.5. The van der Waals surface area contributed by atoms with E-state index < -0.39 is 0 Å². The van der Waals surface area contributed by atoms with Crippen molar-refractivity contribution in [2.24, 2.45) is 5.92 Å². The number of rotatable bonds is 5. The molecule has 1 heterocycles. The van der Waals surface area contributed by atoms with Crippen molar-refractivity contribution in [2.45, 2.75) is 38.3 Å². The van der Waals surface area contributed by atoms with Crippen molar-refractivity contribution in [1.29, 1.82) is 0 Å². The molecule has 3 rings (SSSR count). The molecule has 1 aromatic rings. The summed E-state index contributed by atoms with van der Waals surface area (Å²) in [5, 5.41) is 3.40. The lowest BCUT2D eigenvalue weighted by Crippen LogP contribution is -2.47. The smallest absolute Gasteiger partial charge is 0.223 e. The number of morpholine rings is 1. The molecule has 0 spiro atoms.